The fraction of sp³-hybridized carbons (Fsp3) is 0.0714. The van der Waals surface area contributed by atoms with Crippen LogP contribution in [0.1, 0.15) is 33.4 Å². The molecule has 0 aliphatic heterocycles. The van der Waals surface area contributed by atoms with Gasteiger partial charge in [0.2, 0.25) is 0 Å². The van der Waals surface area contributed by atoms with Crippen molar-refractivity contribution in [3.05, 3.63) is 215 Å². The molecule has 0 atom stereocenters. The normalized spacial score (nSPS) is 10.9. The molecule has 0 saturated carbocycles. The molecule has 0 aliphatic carbocycles. The predicted octanol–water partition coefficient (Wildman–Crippen LogP) is 1.64. The summed E-state index contributed by atoms with van der Waals surface area (Å²) in [5.41, 5.74) is -4.62. The van der Waals surface area contributed by atoms with E-state index >= 15 is 0 Å². The van der Waals surface area contributed by atoms with Crippen LogP contribution in [0.2, 0.25) is 0 Å². The number of rotatable bonds is 9. The van der Waals surface area contributed by atoms with E-state index in [2.05, 4.69) is 0 Å². The molecule has 0 spiro atoms. The second kappa shape index (κ2) is 18.4. The summed E-state index contributed by atoms with van der Waals surface area (Å²) in [6.45, 7) is 0. The van der Waals surface area contributed by atoms with Crippen molar-refractivity contribution < 1.29 is 45.0 Å². The summed E-state index contributed by atoms with van der Waals surface area (Å²) in [5.74, 6) is -4.60. The summed E-state index contributed by atoms with van der Waals surface area (Å²) < 4.78 is 0. The van der Waals surface area contributed by atoms with Crippen LogP contribution in [-0.4, -0.2) is 50.6 Å². The van der Waals surface area contributed by atoms with Gasteiger partial charge in [-0.1, -0.05) is 182 Å². The van der Waals surface area contributed by atoms with Crippen molar-refractivity contribution in [1.29, 1.82) is 0 Å². The summed E-state index contributed by atoms with van der Waals surface area (Å²) in [6, 6.07) is 49.3. The molecule has 0 unspecified atom stereocenters. The monoisotopic (exact) mass is 708 g/mol. The van der Waals surface area contributed by atoms with Gasteiger partial charge < -0.3 is 45.0 Å². The summed E-state index contributed by atoms with van der Waals surface area (Å²) in [5, 5.41) is 64.9. The Hall–Kier alpha value is -5.86. The molecule has 6 aromatic rings. The Kier molecular flexibility index (Phi) is 14.4. The Bertz CT molecular complexity index is 1640. The van der Waals surface area contributed by atoms with Gasteiger partial charge in [-0.05, 0) is 33.4 Å². The maximum Gasteiger partial charge on any atom is 3.00 e. The van der Waals surface area contributed by atoms with Crippen LogP contribution in [0.3, 0.4) is 0 Å². The Balaban J connectivity index is 0.000000208. The zero-order chi connectivity index (χ0) is 36.9. The van der Waals surface area contributed by atoms with Crippen molar-refractivity contribution >= 4 is 35.3 Å². The molecule has 258 valence electrons. The van der Waals surface area contributed by atoms with E-state index in [1.54, 1.807) is 182 Å². The first-order valence-electron chi connectivity index (χ1n) is 15.6. The van der Waals surface area contributed by atoms with E-state index in [9.17, 15) is 45.0 Å². The molecule has 0 aromatic heterocycles. The van der Waals surface area contributed by atoms with Gasteiger partial charge >= 0.3 is 17.4 Å². The second-order valence-corrected chi connectivity index (χ2v) is 11.2. The van der Waals surface area contributed by atoms with Crippen molar-refractivity contribution in [3.63, 3.8) is 0 Å². The number of carbonyl (C=O) groups is 3. The van der Waals surface area contributed by atoms with Crippen molar-refractivity contribution in [2.24, 2.45) is 0 Å². The Morgan fingerprint density at radius 2 is 0.423 bits per heavy atom. The fourth-order valence-corrected chi connectivity index (χ4v) is 5.28. The molecule has 0 amide bonds. The number of aliphatic carboxylic acids is 3. The van der Waals surface area contributed by atoms with Crippen molar-refractivity contribution in [3.8, 4) is 0 Å². The van der Waals surface area contributed by atoms with Crippen LogP contribution in [0.25, 0.3) is 0 Å². The van der Waals surface area contributed by atoms with E-state index in [1.807, 2.05) is 0 Å². The summed E-state index contributed by atoms with van der Waals surface area (Å²) in [4.78, 5) is 33.8. The maximum absolute atomic E-state index is 11.3. The van der Waals surface area contributed by atoms with Crippen LogP contribution in [0.15, 0.2) is 182 Å². The van der Waals surface area contributed by atoms with E-state index in [0.29, 0.717) is 0 Å². The summed E-state index contributed by atoms with van der Waals surface area (Å²) >= 11 is 0. The molecule has 9 nitrogen and oxygen atoms in total. The minimum absolute atomic E-state index is 0. The first-order chi connectivity index (χ1) is 24.5. The molecular weight excluding hydrogens is 675 g/mol. The Morgan fingerprint density at radius 3 is 0.519 bits per heavy atom. The third kappa shape index (κ3) is 8.89. The number of hydrogen-bond donors (Lipinski definition) is 3. The van der Waals surface area contributed by atoms with Gasteiger partial charge in [0, 0.05) is 0 Å². The molecule has 0 aliphatic rings. The minimum atomic E-state index is -2.11. The minimum Gasteiger partial charge on any atom is -0.546 e. The van der Waals surface area contributed by atoms with Gasteiger partial charge in [-0.15, -0.1) is 0 Å². The Labute approximate surface area is 311 Å². The number of carbonyl (C=O) groups excluding carboxylic acids is 3. The molecule has 6 rings (SSSR count). The Morgan fingerprint density at radius 1 is 0.308 bits per heavy atom. The first kappa shape index (κ1) is 40.6. The molecule has 10 heteroatoms. The molecule has 52 heavy (non-hydrogen) atoms. The van der Waals surface area contributed by atoms with Crippen LogP contribution in [0.5, 0.6) is 0 Å². The summed E-state index contributed by atoms with van der Waals surface area (Å²) in [7, 11) is 0. The van der Waals surface area contributed by atoms with Crippen LogP contribution in [0, 0.1) is 0 Å². The van der Waals surface area contributed by atoms with Gasteiger partial charge in [0.15, 0.2) is 16.8 Å². The molecule has 0 fully saturated rings. The standard InChI is InChI=1S/3C14H12O3.Al/c3*15-13(16)14(17,11-7-3-1-4-8-11)12-9-5-2-6-10-12;/h3*1-10,17H,(H,15,16);/q;;;+3/p-3. The van der Waals surface area contributed by atoms with Gasteiger partial charge in [-0.3, -0.25) is 0 Å². The first-order valence-corrected chi connectivity index (χ1v) is 15.6. The third-order valence-electron chi connectivity index (χ3n) is 8.04. The fourth-order valence-electron chi connectivity index (χ4n) is 5.28. The van der Waals surface area contributed by atoms with Crippen LogP contribution in [0.4, 0.5) is 0 Å². The van der Waals surface area contributed by atoms with Crippen LogP contribution in [-0.2, 0) is 31.2 Å². The molecule has 0 saturated heterocycles. The van der Waals surface area contributed by atoms with Crippen molar-refractivity contribution in [1.82, 2.24) is 0 Å². The van der Waals surface area contributed by atoms with E-state index in [-0.39, 0.29) is 50.7 Å². The molecular formula is C42H33AlO9. The predicted molar refractivity (Wildman–Crippen MR) is 188 cm³/mol. The number of carboxylic acids is 3. The molecule has 0 radical (unpaired) electrons. The zero-order valence-electron chi connectivity index (χ0n) is 27.7. The molecule has 0 heterocycles. The SMILES string of the molecule is O=C([O-])C(O)(c1ccccc1)c1ccccc1.O=C([O-])C(O)(c1ccccc1)c1ccccc1.O=C([O-])C(O)(c1ccccc1)c1ccccc1.[Al+3]. The number of hydrogen-bond acceptors (Lipinski definition) is 9. The largest absolute Gasteiger partial charge is 3.00 e. The van der Waals surface area contributed by atoms with E-state index in [0.717, 1.165) is 0 Å². The average molecular weight is 709 g/mol. The summed E-state index contributed by atoms with van der Waals surface area (Å²) in [6.07, 6.45) is 0. The van der Waals surface area contributed by atoms with Gasteiger partial charge in [0.05, 0.1) is 17.9 Å². The molecule has 0 bridgehead atoms. The van der Waals surface area contributed by atoms with Gasteiger partial charge in [0.1, 0.15) is 0 Å². The molecule has 6 aromatic carbocycles. The molecule has 3 N–H and O–H groups in total. The van der Waals surface area contributed by atoms with E-state index < -0.39 is 34.7 Å². The van der Waals surface area contributed by atoms with Crippen LogP contribution < -0.4 is 15.3 Å². The smallest absolute Gasteiger partial charge is 0.546 e. The number of benzene rings is 6. The van der Waals surface area contributed by atoms with Crippen molar-refractivity contribution in [2.45, 2.75) is 16.8 Å². The second-order valence-electron chi connectivity index (χ2n) is 11.2. The zero-order valence-corrected chi connectivity index (χ0v) is 28.8. The van der Waals surface area contributed by atoms with Crippen LogP contribution >= 0.6 is 0 Å². The number of carboxylic acid groups (broad SMARTS) is 3. The maximum atomic E-state index is 11.3. The topological polar surface area (TPSA) is 181 Å². The quantitative estimate of drug-likeness (QED) is 0.188. The average Bonchev–Trinajstić information content (AvgIpc) is 3.19. The van der Waals surface area contributed by atoms with Gasteiger partial charge in [0.25, 0.3) is 0 Å². The number of aliphatic hydroxyl groups is 3. The van der Waals surface area contributed by atoms with E-state index in [1.165, 1.54) is 0 Å². The van der Waals surface area contributed by atoms with Crippen molar-refractivity contribution in [2.75, 3.05) is 0 Å². The van der Waals surface area contributed by atoms with Gasteiger partial charge in [-0.2, -0.15) is 0 Å². The van der Waals surface area contributed by atoms with Gasteiger partial charge in [-0.25, -0.2) is 0 Å². The third-order valence-corrected chi connectivity index (χ3v) is 8.04. The van der Waals surface area contributed by atoms with E-state index in [4.69, 9.17) is 0 Å².